The van der Waals surface area contributed by atoms with Crippen LogP contribution in [0.3, 0.4) is 0 Å². The highest BCUT2D eigenvalue weighted by atomic mass is 32.2. The molecule has 1 amide bonds. The van der Waals surface area contributed by atoms with E-state index in [1.807, 2.05) is 61.5 Å². The molecular formula is C23H25NO4S. The highest BCUT2D eigenvalue weighted by molar-refractivity contribution is 7.99. The third-order valence-corrected chi connectivity index (χ3v) is 6.35. The van der Waals surface area contributed by atoms with Gasteiger partial charge >= 0.3 is 5.97 Å². The molecule has 1 aliphatic carbocycles. The maximum Gasteiger partial charge on any atom is 0.329 e. The van der Waals surface area contributed by atoms with Gasteiger partial charge in [0.1, 0.15) is 22.9 Å². The van der Waals surface area contributed by atoms with Crippen LogP contribution in [0.4, 0.5) is 0 Å². The summed E-state index contributed by atoms with van der Waals surface area (Å²) < 4.78 is 11.3. The maximum absolute atomic E-state index is 13.0. The Labute approximate surface area is 175 Å². The fourth-order valence-corrected chi connectivity index (χ4v) is 4.82. The molecular weight excluding hydrogens is 386 g/mol. The second-order valence-electron chi connectivity index (χ2n) is 7.38. The van der Waals surface area contributed by atoms with Crippen molar-refractivity contribution in [2.24, 2.45) is 5.92 Å². The van der Waals surface area contributed by atoms with Gasteiger partial charge in [-0.3, -0.25) is 4.79 Å². The zero-order valence-corrected chi connectivity index (χ0v) is 17.3. The number of nitrogens with zero attached hydrogens (tertiary/aromatic N) is 1. The summed E-state index contributed by atoms with van der Waals surface area (Å²) in [5.74, 6) is 1.83. The largest absolute Gasteiger partial charge is 0.464 e. The molecule has 152 valence electrons. The highest BCUT2D eigenvalue weighted by Crippen LogP contribution is 2.46. The molecule has 0 N–H and O–H groups in total. The number of hydrogen-bond acceptors (Lipinski definition) is 5. The Kier molecular flexibility index (Phi) is 6.09. The number of para-hydroxylation sites is 1. The lowest BCUT2D eigenvalue weighted by Gasteiger charge is -2.29. The number of benzene rings is 2. The predicted octanol–water partition coefficient (Wildman–Crippen LogP) is 4.78. The maximum atomic E-state index is 13.0. The highest BCUT2D eigenvalue weighted by Gasteiger charge is 2.47. The lowest BCUT2D eigenvalue weighted by atomic mass is 10.1. The van der Waals surface area contributed by atoms with Crippen molar-refractivity contribution in [1.82, 2.24) is 4.90 Å². The van der Waals surface area contributed by atoms with E-state index in [1.54, 1.807) is 16.7 Å². The van der Waals surface area contributed by atoms with Crippen molar-refractivity contribution in [3.8, 4) is 11.5 Å². The van der Waals surface area contributed by atoms with Crippen molar-refractivity contribution in [3.05, 3.63) is 60.2 Å². The third-order valence-electron chi connectivity index (χ3n) is 5.02. The van der Waals surface area contributed by atoms with Gasteiger partial charge in [-0.05, 0) is 49.1 Å². The molecule has 1 saturated carbocycles. The normalized spacial score (nSPS) is 21.1. The van der Waals surface area contributed by atoms with E-state index in [-0.39, 0.29) is 23.2 Å². The van der Waals surface area contributed by atoms with Crippen LogP contribution in [0.25, 0.3) is 0 Å². The lowest BCUT2D eigenvalue weighted by molar-refractivity contribution is -0.154. The van der Waals surface area contributed by atoms with Crippen molar-refractivity contribution in [1.29, 1.82) is 0 Å². The zero-order chi connectivity index (χ0) is 20.2. The smallest absolute Gasteiger partial charge is 0.329 e. The topological polar surface area (TPSA) is 55.8 Å². The standard InChI is InChI=1S/C23H25NO4S/c1-2-13-27-23(26)20-15-29-22(24(20)21(25)16-11-12-16)17-7-6-10-19(14-17)28-18-8-4-3-5-9-18/h3-10,14,16,20,22H,2,11-13,15H2,1H3. The van der Waals surface area contributed by atoms with Crippen molar-refractivity contribution in [2.75, 3.05) is 12.4 Å². The minimum atomic E-state index is -0.525. The molecule has 2 atom stereocenters. The van der Waals surface area contributed by atoms with Crippen LogP contribution in [-0.4, -0.2) is 35.2 Å². The van der Waals surface area contributed by atoms with Crippen LogP contribution in [0.5, 0.6) is 11.5 Å². The van der Waals surface area contributed by atoms with Gasteiger partial charge in [0.25, 0.3) is 0 Å². The molecule has 2 fully saturated rings. The van der Waals surface area contributed by atoms with Crippen LogP contribution >= 0.6 is 11.8 Å². The van der Waals surface area contributed by atoms with E-state index >= 15 is 0 Å². The average molecular weight is 412 g/mol. The van der Waals surface area contributed by atoms with Crippen molar-refractivity contribution in [3.63, 3.8) is 0 Å². The molecule has 6 heteroatoms. The van der Waals surface area contributed by atoms with E-state index in [0.29, 0.717) is 18.1 Å². The first kappa shape index (κ1) is 19.8. The monoisotopic (exact) mass is 411 g/mol. The van der Waals surface area contributed by atoms with E-state index in [1.165, 1.54) is 0 Å². The number of amides is 1. The Bertz CT molecular complexity index is 868. The quantitative estimate of drug-likeness (QED) is 0.614. The fraction of sp³-hybridized carbons (Fsp3) is 0.391. The summed E-state index contributed by atoms with van der Waals surface area (Å²) in [6.07, 6.45) is 2.58. The summed E-state index contributed by atoms with van der Waals surface area (Å²) in [6, 6.07) is 16.8. The molecule has 1 aliphatic heterocycles. The molecule has 0 radical (unpaired) electrons. The Morgan fingerprint density at radius 3 is 2.55 bits per heavy atom. The molecule has 0 bridgehead atoms. The first-order chi connectivity index (χ1) is 14.2. The minimum Gasteiger partial charge on any atom is -0.464 e. The minimum absolute atomic E-state index is 0.0430. The summed E-state index contributed by atoms with van der Waals surface area (Å²) in [4.78, 5) is 27.4. The molecule has 0 aromatic heterocycles. The van der Waals surface area contributed by atoms with E-state index in [9.17, 15) is 9.59 Å². The van der Waals surface area contributed by atoms with Crippen LogP contribution in [0.2, 0.25) is 0 Å². The van der Waals surface area contributed by atoms with Crippen LogP contribution < -0.4 is 4.74 Å². The SMILES string of the molecule is CCCOC(=O)C1CSC(c2cccc(Oc3ccccc3)c2)N1C(=O)C1CC1. The van der Waals surface area contributed by atoms with Gasteiger partial charge in [-0.1, -0.05) is 37.3 Å². The van der Waals surface area contributed by atoms with Crippen LogP contribution in [0.15, 0.2) is 54.6 Å². The van der Waals surface area contributed by atoms with E-state index in [2.05, 4.69) is 0 Å². The molecule has 2 aromatic carbocycles. The Balaban J connectivity index is 1.56. The summed E-state index contributed by atoms with van der Waals surface area (Å²) in [6.45, 7) is 2.35. The van der Waals surface area contributed by atoms with Crippen LogP contribution in [0.1, 0.15) is 37.1 Å². The molecule has 29 heavy (non-hydrogen) atoms. The van der Waals surface area contributed by atoms with Gasteiger partial charge < -0.3 is 14.4 Å². The Morgan fingerprint density at radius 1 is 1.07 bits per heavy atom. The molecule has 5 nitrogen and oxygen atoms in total. The third kappa shape index (κ3) is 4.58. The molecule has 2 aromatic rings. The predicted molar refractivity (Wildman–Crippen MR) is 113 cm³/mol. The van der Waals surface area contributed by atoms with Gasteiger partial charge in [0.05, 0.1) is 6.61 Å². The van der Waals surface area contributed by atoms with E-state index < -0.39 is 6.04 Å². The molecule has 0 spiro atoms. The van der Waals surface area contributed by atoms with Gasteiger partial charge in [0.15, 0.2) is 0 Å². The van der Waals surface area contributed by atoms with E-state index in [4.69, 9.17) is 9.47 Å². The molecule has 1 saturated heterocycles. The second kappa shape index (κ2) is 8.91. The number of ether oxygens (including phenoxy) is 2. The number of rotatable bonds is 7. The lowest BCUT2D eigenvalue weighted by Crippen LogP contribution is -2.44. The van der Waals surface area contributed by atoms with Gasteiger partial charge in [-0.2, -0.15) is 0 Å². The average Bonchev–Trinajstić information content (AvgIpc) is 3.50. The number of hydrogen-bond donors (Lipinski definition) is 0. The summed E-state index contributed by atoms with van der Waals surface area (Å²) in [7, 11) is 0. The van der Waals surface area contributed by atoms with Crippen LogP contribution in [-0.2, 0) is 14.3 Å². The van der Waals surface area contributed by atoms with Crippen molar-refractivity contribution in [2.45, 2.75) is 37.6 Å². The molecule has 1 heterocycles. The van der Waals surface area contributed by atoms with Crippen LogP contribution in [0, 0.1) is 5.92 Å². The van der Waals surface area contributed by atoms with Gasteiger partial charge in [0, 0.05) is 11.7 Å². The Hall–Kier alpha value is -2.47. The summed E-state index contributed by atoms with van der Waals surface area (Å²) >= 11 is 1.61. The van der Waals surface area contributed by atoms with Gasteiger partial charge in [-0.25, -0.2) is 4.79 Å². The molecule has 4 rings (SSSR count). The number of thioether (sulfide) groups is 1. The molecule has 2 unspecified atom stereocenters. The molecule has 2 aliphatic rings. The van der Waals surface area contributed by atoms with Gasteiger partial charge in [0.2, 0.25) is 5.91 Å². The first-order valence-electron chi connectivity index (χ1n) is 10.1. The van der Waals surface area contributed by atoms with Gasteiger partial charge in [-0.15, -0.1) is 11.8 Å². The zero-order valence-electron chi connectivity index (χ0n) is 16.5. The van der Waals surface area contributed by atoms with Crippen molar-refractivity contribution >= 4 is 23.6 Å². The fourth-order valence-electron chi connectivity index (χ4n) is 3.41. The van der Waals surface area contributed by atoms with E-state index in [0.717, 1.165) is 30.6 Å². The summed E-state index contributed by atoms with van der Waals surface area (Å²) in [5, 5.41) is -0.207. The first-order valence-corrected chi connectivity index (χ1v) is 11.2. The summed E-state index contributed by atoms with van der Waals surface area (Å²) in [5.41, 5.74) is 0.961. The number of carbonyl (C=O) groups is 2. The Morgan fingerprint density at radius 2 is 1.83 bits per heavy atom. The second-order valence-corrected chi connectivity index (χ2v) is 8.49. The number of esters is 1. The van der Waals surface area contributed by atoms with Crippen molar-refractivity contribution < 1.29 is 19.1 Å². The number of carbonyl (C=O) groups excluding carboxylic acids is 2.